The molecule has 1 aromatic heterocycles. The molecule has 0 fully saturated rings. The first-order valence-electron chi connectivity index (χ1n) is 7.76. The Bertz CT molecular complexity index is 604. The maximum atomic E-state index is 12.2. The van der Waals surface area contributed by atoms with Crippen LogP contribution in [0.2, 0.25) is 0 Å². The van der Waals surface area contributed by atoms with Crippen molar-refractivity contribution >= 4 is 17.0 Å². The number of nitrogens with zero attached hydrogens (tertiary/aromatic N) is 2. The normalized spacial score (nSPS) is 12.5. The maximum Gasteiger partial charge on any atom is 0.328 e. The number of rotatable bonds is 7. The number of imidazole rings is 1. The van der Waals surface area contributed by atoms with E-state index in [1.165, 1.54) is 7.11 Å². The number of aromatic nitrogens is 2. The van der Waals surface area contributed by atoms with Crippen LogP contribution in [-0.2, 0) is 16.0 Å². The lowest BCUT2D eigenvalue weighted by atomic mass is 10.1. The van der Waals surface area contributed by atoms with Gasteiger partial charge in [0.15, 0.2) is 0 Å². The lowest BCUT2D eigenvalue weighted by Gasteiger charge is -2.19. The lowest BCUT2D eigenvalue weighted by molar-refractivity contribution is -0.144. The Morgan fingerprint density at radius 2 is 2.05 bits per heavy atom. The van der Waals surface area contributed by atoms with Crippen molar-refractivity contribution in [3.05, 3.63) is 30.1 Å². The van der Waals surface area contributed by atoms with Crippen molar-refractivity contribution in [3.8, 4) is 0 Å². The number of hydrogen-bond acceptors (Lipinski definition) is 3. The third-order valence-electron chi connectivity index (χ3n) is 3.76. The van der Waals surface area contributed by atoms with E-state index in [9.17, 15) is 4.79 Å². The summed E-state index contributed by atoms with van der Waals surface area (Å²) in [6.45, 7) is 4.26. The lowest BCUT2D eigenvalue weighted by Crippen LogP contribution is -2.22. The molecule has 0 saturated carbocycles. The van der Waals surface area contributed by atoms with E-state index in [0.717, 1.165) is 49.0 Å². The van der Waals surface area contributed by atoms with E-state index in [2.05, 4.69) is 18.4 Å². The zero-order valence-corrected chi connectivity index (χ0v) is 13.1. The van der Waals surface area contributed by atoms with Gasteiger partial charge in [0.05, 0.1) is 18.1 Å². The van der Waals surface area contributed by atoms with Gasteiger partial charge in [-0.15, -0.1) is 0 Å². The smallest absolute Gasteiger partial charge is 0.328 e. The summed E-state index contributed by atoms with van der Waals surface area (Å²) < 4.78 is 7.11. The van der Waals surface area contributed by atoms with Gasteiger partial charge >= 0.3 is 5.97 Å². The average molecular weight is 288 g/mol. The fourth-order valence-corrected chi connectivity index (χ4v) is 2.73. The maximum absolute atomic E-state index is 12.2. The van der Waals surface area contributed by atoms with Crippen LogP contribution in [0, 0.1) is 0 Å². The number of ether oxygens (including phenoxy) is 1. The Kier molecular flexibility index (Phi) is 5.37. The van der Waals surface area contributed by atoms with E-state index in [0.29, 0.717) is 0 Å². The van der Waals surface area contributed by atoms with Crippen LogP contribution in [0.15, 0.2) is 24.3 Å². The van der Waals surface area contributed by atoms with Crippen molar-refractivity contribution in [1.29, 1.82) is 0 Å². The Morgan fingerprint density at radius 1 is 1.29 bits per heavy atom. The number of unbranched alkanes of at least 4 members (excludes halogenated alkanes) is 1. The summed E-state index contributed by atoms with van der Waals surface area (Å²) in [5.41, 5.74) is 1.97. The molecule has 114 valence electrons. The van der Waals surface area contributed by atoms with Crippen LogP contribution in [0.25, 0.3) is 11.0 Å². The molecule has 0 N–H and O–H groups in total. The third-order valence-corrected chi connectivity index (χ3v) is 3.76. The zero-order chi connectivity index (χ0) is 15.2. The monoisotopic (exact) mass is 288 g/mol. The molecule has 0 spiro atoms. The second-order valence-corrected chi connectivity index (χ2v) is 5.32. The van der Waals surface area contributed by atoms with E-state index in [-0.39, 0.29) is 12.0 Å². The van der Waals surface area contributed by atoms with Crippen molar-refractivity contribution < 1.29 is 9.53 Å². The molecule has 1 heterocycles. The molecule has 1 aromatic carbocycles. The number of esters is 1. The summed E-state index contributed by atoms with van der Waals surface area (Å²) >= 11 is 0. The van der Waals surface area contributed by atoms with E-state index < -0.39 is 0 Å². The molecule has 2 rings (SSSR count). The highest BCUT2D eigenvalue weighted by atomic mass is 16.5. The van der Waals surface area contributed by atoms with Crippen LogP contribution in [-0.4, -0.2) is 22.6 Å². The van der Waals surface area contributed by atoms with Gasteiger partial charge in [-0.25, -0.2) is 9.78 Å². The van der Waals surface area contributed by atoms with Gasteiger partial charge in [0.25, 0.3) is 0 Å². The van der Waals surface area contributed by atoms with Crippen molar-refractivity contribution in [2.45, 2.75) is 52.0 Å². The second kappa shape index (κ2) is 7.25. The third kappa shape index (κ3) is 3.26. The molecule has 0 aliphatic rings. The largest absolute Gasteiger partial charge is 0.467 e. The van der Waals surface area contributed by atoms with Gasteiger partial charge in [0.2, 0.25) is 0 Å². The van der Waals surface area contributed by atoms with Gasteiger partial charge in [-0.2, -0.15) is 0 Å². The number of benzene rings is 1. The number of carbonyl (C=O) groups excluding carboxylic acids is 1. The van der Waals surface area contributed by atoms with Gasteiger partial charge in [-0.1, -0.05) is 38.8 Å². The molecule has 4 nitrogen and oxygen atoms in total. The molecule has 1 unspecified atom stereocenters. The molecule has 0 bridgehead atoms. The average Bonchev–Trinajstić information content (AvgIpc) is 2.86. The Hall–Kier alpha value is -1.84. The highest BCUT2D eigenvalue weighted by molar-refractivity contribution is 5.81. The number of aryl methyl sites for hydroxylation is 1. The van der Waals surface area contributed by atoms with Gasteiger partial charge < -0.3 is 9.30 Å². The summed E-state index contributed by atoms with van der Waals surface area (Å²) in [6.07, 6.45) is 4.72. The van der Waals surface area contributed by atoms with Gasteiger partial charge in [-0.05, 0) is 25.0 Å². The minimum Gasteiger partial charge on any atom is -0.467 e. The predicted molar refractivity (Wildman–Crippen MR) is 84.3 cm³/mol. The van der Waals surface area contributed by atoms with Crippen molar-refractivity contribution in [3.63, 3.8) is 0 Å². The van der Waals surface area contributed by atoms with Gasteiger partial charge in [0, 0.05) is 6.42 Å². The first kappa shape index (κ1) is 15.5. The van der Waals surface area contributed by atoms with Crippen LogP contribution in [0.5, 0.6) is 0 Å². The van der Waals surface area contributed by atoms with Crippen LogP contribution in [0.4, 0.5) is 0 Å². The number of fused-ring (bicyclic) bond motifs is 1. The van der Waals surface area contributed by atoms with Crippen molar-refractivity contribution in [1.82, 2.24) is 9.55 Å². The topological polar surface area (TPSA) is 44.1 Å². The molecule has 0 aliphatic heterocycles. The summed E-state index contributed by atoms with van der Waals surface area (Å²) in [7, 11) is 1.46. The highest BCUT2D eigenvalue weighted by Crippen LogP contribution is 2.26. The summed E-state index contributed by atoms with van der Waals surface area (Å²) in [5, 5.41) is 0. The van der Waals surface area contributed by atoms with Crippen LogP contribution in [0.1, 0.15) is 51.4 Å². The highest BCUT2D eigenvalue weighted by Gasteiger charge is 2.25. The fourth-order valence-electron chi connectivity index (χ4n) is 2.73. The number of para-hydroxylation sites is 2. The van der Waals surface area contributed by atoms with E-state index in [1.54, 1.807) is 0 Å². The van der Waals surface area contributed by atoms with Gasteiger partial charge in [0.1, 0.15) is 11.9 Å². The zero-order valence-electron chi connectivity index (χ0n) is 13.1. The summed E-state index contributed by atoms with van der Waals surface area (Å²) in [6, 6.07) is 7.73. The Balaban J connectivity index is 2.52. The summed E-state index contributed by atoms with van der Waals surface area (Å²) in [4.78, 5) is 16.9. The van der Waals surface area contributed by atoms with Crippen molar-refractivity contribution in [2.24, 2.45) is 0 Å². The predicted octanol–water partition coefficient (Wildman–Crippen LogP) is 3.89. The molecule has 2 aromatic rings. The minimum atomic E-state index is -0.274. The standard InChI is InChI=1S/C17H24N2O2/c1-4-6-11-15(17(20)21-3)19-14-12-8-7-10-13(14)18-16(19)9-5-2/h7-8,10,12,15H,4-6,9,11H2,1-3H3. The number of methoxy groups -OCH3 is 1. The van der Waals surface area contributed by atoms with Gasteiger partial charge in [-0.3, -0.25) is 0 Å². The molecule has 0 radical (unpaired) electrons. The second-order valence-electron chi connectivity index (χ2n) is 5.32. The fraction of sp³-hybridized carbons (Fsp3) is 0.529. The molecular formula is C17H24N2O2. The Morgan fingerprint density at radius 3 is 2.71 bits per heavy atom. The number of hydrogen-bond donors (Lipinski definition) is 0. The van der Waals surface area contributed by atoms with E-state index >= 15 is 0 Å². The SMILES string of the molecule is CCCCC(C(=O)OC)n1c(CCC)nc2ccccc21. The van der Waals surface area contributed by atoms with E-state index in [1.807, 2.05) is 24.3 Å². The molecule has 0 aliphatic carbocycles. The molecule has 0 amide bonds. The summed E-state index contributed by atoms with van der Waals surface area (Å²) in [5.74, 6) is 0.800. The van der Waals surface area contributed by atoms with E-state index in [4.69, 9.17) is 9.72 Å². The molecule has 4 heteroatoms. The van der Waals surface area contributed by atoms with Crippen molar-refractivity contribution in [2.75, 3.05) is 7.11 Å². The molecular weight excluding hydrogens is 264 g/mol. The molecule has 0 saturated heterocycles. The van der Waals surface area contributed by atoms with Crippen LogP contribution < -0.4 is 0 Å². The first-order valence-corrected chi connectivity index (χ1v) is 7.76. The minimum absolute atomic E-state index is 0.177. The number of carbonyl (C=O) groups is 1. The van der Waals surface area contributed by atoms with Crippen LogP contribution >= 0.6 is 0 Å². The molecule has 21 heavy (non-hydrogen) atoms. The van der Waals surface area contributed by atoms with Crippen LogP contribution in [0.3, 0.4) is 0 Å². The molecule has 1 atom stereocenters. The quantitative estimate of drug-likeness (QED) is 0.726. The first-order chi connectivity index (χ1) is 10.2. The Labute approximate surface area is 126 Å².